The Labute approximate surface area is 150 Å². The van der Waals surface area contributed by atoms with E-state index in [-0.39, 0.29) is 11.5 Å². The second kappa shape index (κ2) is 6.78. The number of aromatic nitrogens is 4. The Bertz CT molecular complexity index is 905. The van der Waals surface area contributed by atoms with Gasteiger partial charge in [0.15, 0.2) is 0 Å². The zero-order valence-corrected chi connectivity index (χ0v) is 14.8. The van der Waals surface area contributed by atoms with Gasteiger partial charge in [0.1, 0.15) is 17.3 Å². The smallest absolute Gasteiger partial charge is 0.271 e. The summed E-state index contributed by atoms with van der Waals surface area (Å²) in [7, 11) is 0. The molecular weight excluding hydrogens is 332 g/mol. The highest BCUT2D eigenvalue weighted by molar-refractivity contribution is 5.92. The van der Waals surface area contributed by atoms with Gasteiger partial charge >= 0.3 is 0 Å². The van der Waals surface area contributed by atoms with Crippen LogP contribution in [-0.4, -0.2) is 57.2 Å². The molecule has 8 heteroatoms. The summed E-state index contributed by atoms with van der Waals surface area (Å²) in [5, 5.41) is 5.06. The predicted octanol–water partition coefficient (Wildman–Crippen LogP) is 0.673. The van der Waals surface area contributed by atoms with Crippen molar-refractivity contribution in [3.05, 3.63) is 51.3 Å². The number of nitrogens with zero attached hydrogens (tertiary/aromatic N) is 4. The van der Waals surface area contributed by atoms with E-state index in [4.69, 9.17) is 9.97 Å². The quantitative estimate of drug-likeness (QED) is 0.790. The largest absolute Gasteiger partial charge is 0.349 e. The van der Waals surface area contributed by atoms with E-state index in [0.29, 0.717) is 31.6 Å². The molecule has 1 amide bonds. The summed E-state index contributed by atoms with van der Waals surface area (Å²) in [4.78, 5) is 37.5. The molecule has 0 spiro atoms. The Morgan fingerprint density at radius 2 is 1.92 bits per heavy atom. The molecule has 4 heterocycles. The number of nitrogens with one attached hydrogen (secondary N) is 2. The number of anilines is 1. The van der Waals surface area contributed by atoms with Gasteiger partial charge in [-0.05, 0) is 6.42 Å². The van der Waals surface area contributed by atoms with Gasteiger partial charge in [0, 0.05) is 50.7 Å². The topological polar surface area (TPSA) is 98.0 Å². The number of carbonyl (C=O) groups is 1. The molecule has 2 N–H and O–H groups in total. The van der Waals surface area contributed by atoms with Gasteiger partial charge in [0.25, 0.3) is 11.5 Å². The van der Waals surface area contributed by atoms with E-state index in [9.17, 15) is 9.59 Å². The first kappa shape index (κ1) is 16.6. The van der Waals surface area contributed by atoms with Crippen molar-refractivity contribution >= 4 is 11.7 Å². The highest BCUT2D eigenvalue weighted by Gasteiger charge is 2.26. The minimum absolute atomic E-state index is 0.163. The number of hydrogen-bond donors (Lipinski definition) is 2. The molecule has 0 saturated heterocycles. The predicted molar refractivity (Wildman–Crippen MR) is 97.5 cm³/mol. The molecule has 0 atom stereocenters. The number of rotatable bonds is 3. The Balaban J connectivity index is 1.61. The van der Waals surface area contributed by atoms with Crippen LogP contribution in [0.4, 0.5) is 5.82 Å². The van der Waals surface area contributed by atoms with Crippen LogP contribution in [0.1, 0.15) is 34.5 Å². The van der Waals surface area contributed by atoms with E-state index in [1.54, 1.807) is 4.90 Å². The normalized spacial score (nSPS) is 16.7. The number of fused-ring (bicyclic) bond motifs is 1. The van der Waals surface area contributed by atoms with Crippen LogP contribution in [0.3, 0.4) is 0 Å². The summed E-state index contributed by atoms with van der Waals surface area (Å²) >= 11 is 0. The molecule has 0 radical (unpaired) electrons. The molecule has 0 saturated carbocycles. The standard InChI is InChI=1S/C18H22N6O2/c1-2-15-19-13-6-10-24(18(26)14-11-16(25)22-21-14)9-5-12(13)17(20-15)23-7-3-4-8-23/h3-4,11H,2,5-10H2,1H3,(H2,21,22,25). The second-order valence-corrected chi connectivity index (χ2v) is 6.58. The van der Waals surface area contributed by atoms with Gasteiger partial charge in [-0.15, -0.1) is 0 Å². The summed E-state index contributed by atoms with van der Waals surface area (Å²) in [5.41, 5.74) is 2.18. The molecule has 136 valence electrons. The van der Waals surface area contributed by atoms with Gasteiger partial charge in [-0.25, -0.2) is 9.97 Å². The molecule has 0 fully saturated rings. The van der Waals surface area contributed by atoms with Crippen molar-refractivity contribution in [2.24, 2.45) is 0 Å². The molecule has 0 unspecified atom stereocenters. The monoisotopic (exact) mass is 354 g/mol. The fourth-order valence-electron chi connectivity index (χ4n) is 3.52. The van der Waals surface area contributed by atoms with Crippen molar-refractivity contribution < 1.29 is 4.79 Å². The van der Waals surface area contributed by atoms with Crippen LogP contribution in [-0.2, 0) is 19.3 Å². The summed E-state index contributed by atoms with van der Waals surface area (Å²) < 4.78 is 0. The molecule has 0 aliphatic carbocycles. The van der Waals surface area contributed by atoms with Crippen molar-refractivity contribution in [2.75, 3.05) is 31.1 Å². The highest BCUT2D eigenvalue weighted by Crippen LogP contribution is 2.26. The molecule has 26 heavy (non-hydrogen) atoms. The van der Waals surface area contributed by atoms with E-state index >= 15 is 0 Å². The maximum Gasteiger partial charge on any atom is 0.271 e. The molecule has 2 aliphatic rings. The first-order chi connectivity index (χ1) is 12.7. The van der Waals surface area contributed by atoms with E-state index < -0.39 is 0 Å². The number of aromatic amines is 2. The Kier molecular flexibility index (Phi) is 4.32. The SMILES string of the molecule is CCc1nc2c(c(N3CC=CC3)n1)CCN(C(=O)c1cc(=O)[nH][nH]1)CC2. The fraction of sp³-hybridized carbons (Fsp3) is 0.444. The van der Waals surface area contributed by atoms with Crippen molar-refractivity contribution in [3.8, 4) is 0 Å². The number of aryl methyl sites for hydroxylation is 1. The van der Waals surface area contributed by atoms with Crippen LogP contribution in [0, 0.1) is 0 Å². The third kappa shape index (κ3) is 3.02. The van der Waals surface area contributed by atoms with Gasteiger partial charge in [0.05, 0.1) is 5.69 Å². The minimum atomic E-state index is -0.297. The third-order valence-electron chi connectivity index (χ3n) is 4.91. The van der Waals surface area contributed by atoms with Crippen molar-refractivity contribution in [3.63, 3.8) is 0 Å². The average molecular weight is 354 g/mol. The van der Waals surface area contributed by atoms with Gasteiger partial charge in [0.2, 0.25) is 0 Å². The van der Waals surface area contributed by atoms with E-state index in [1.165, 1.54) is 6.07 Å². The molecule has 2 aliphatic heterocycles. The van der Waals surface area contributed by atoms with E-state index in [0.717, 1.165) is 42.4 Å². The van der Waals surface area contributed by atoms with Crippen LogP contribution in [0.15, 0.2) is 23.0 Å². The Morgan fingerprint density at radius 1 is 1.15 bits per heavy atom. The van der Waals surface area contributed by atoms with E-state index in [2.05, 4.69) is 34.2 Å². The number of amides is 1. The van der Waals surface area contributed by atoms with Crippen LogP contribution < -0.4 is 10.5 Å². The first-order valence-electron chi connectivity index (χ1n) is 9.01. The number of carbonyl (C=O) groups excluding carboxylic acids is 1. The lowest BCUT2D eigenvalue weighted by molar-refractivity contribution is 0.0757. The Morgan fingerprint density at radius 3 is 2.62 bits per heavy atom. The highest BCUT2D eigenvalue weighted by atomic mass is 16.2. The summed E-state index contributed by atoms with van der Waals surface area (Å²) in [6.45, 7) is 4.95. The third-order valence-corrected chi connectivity index (χ3v) is 4.91. The maximum absolute atomic E-state index is 12.7. The fourth-order valence-corrected chi connectivity index (χ4v) is 3.52. The van der Waals surface area contributed by atoms with Crippen molar-refractivity contribution in [1.29, 1.82) is 0 Å². The lowest BCUT2D eigenvalue weighted by Crippen LogP contribution is -2.33. The van der Waals surface area contributed by atoms with Gasteiger partial charge in [-0.2, -0.15) is 0 Å². The molecule has 8 nitrogen and oxygen atoms in total. The molecule has 2 aromatic heterocycles. The number of hydrogen-bond acceptors (Lipinski definition) is 5. The zero-order valence-electron chi connectivity index (χ0n) is 14.8. The molecule has 4 rings (SSSR count). The van der Waals surface area contributed by atoms with Crippen LogP contribution in [0.5, 0.6) is 0 Å². The summed E-state index contributed by atoms with van der Waals surface area (Å²) in [5.74, 6) is 1.69. The lowest BCUT2D eigenvalue weighted by Gasteiger charge is -2.22. The van der Waals surface area contributed by atoms with Crippen molar-refractivity contribution in [1.82, 2.24) is 25.1 Å². The number of H-pyrrole nitrogens is 2. The van der Waals surface area contributed by atoms with Gasteiger partial charge in [-0.1, -0.05) is 19.1 Å². The average Bonchev–Trinajstić information content (AvgIpc) is 3.28. The van der Waals surface area contributed by atoms with Gasteiger partial charge < -0.3 is 9.80 Å². The summed E-state index contributed by atoms with van der Waals surface area (Å²) in [6, 6.07) is 1.30. The zero-order chi connectivity index (χ0) is 18.1. The maximum atomic E-state index is 12.7. The van der Waals surface area contributed by atoms with E-state index in [1.807, 2.05) is 0 Å². The van der Waals surface area contributed by atoms with Crippen LogP contribution >= 0.6 is 0 Å². The first-order valence-corrected chi connectivity index (χ1v) is 9.01. The second-order valence-electron chi connectivity index (χ2n) is 6.58. The lowest BCUT2D eigenvalue weighted by atomic mass is 10.1. The Hall–Kier alpha value is -2.90. The van der Waals surface area contributed by atoms with Crippen LogP contribution in [0.2, 0.25) is 0 Å². The molecule has 0 bridgehead atoms. The van der Waals surface area contributed by atoms with Gasteiger partial charge in [-0.3, -0.25) is 19.8 Å². The molecule has 0 aromatic carbocycles. The minimum Gasteiger partial charge on any atom is -0.349 e. The van der Waals surface area contributed by atoms with Crippen LogP contribution in [0.25, 0.3) is 0 Å². The molecular formula is C18H22N6O2. The summed E-state index contributed by atoms with van der Waals surface area (Å²) in [6.07, 6.45) is 6.49. The van der Waals surface area contributed by atoms with Crippen molar-refractivity contribution in [2.45, 2.75) is 26.2 Å². The molecule has 2 aromatic rings.